The van der Waals surface area contributed by atoms with Gasteiger partial charge in [0.1, 0.15) is 0 Å². The van der Waals surface area contributed by atoms with Crippen molar-refractivity contribution in [3.63, 3.8) is 0 Å². The summed E-state index contributed by atoms with van der Waals surface area (Å²) in [6, 6.07) is 4.29. The predicted octanol–water partition coefficient (Wildman–Crippen LogP) is 1.02. The quantitative estimate of drug-likeness (QED) is 0.839. The number of hydrogen-bond acceptors (Lipinski definition) is 4. The first-order chi connectivity index (χ1) is 8.62. The van der Waals surface area contributed by atoms with Gasteiger partial charge in [0.05, 0.1) is 6.61 Å². The summed E-state index contributed by atoms with van der Waals surface area (Å²) in [6.07, 6.45) is 4.76. The molecule has 0 aliphatic carbocycles. The molecule has 0 spiro atoms. The van der Waals surface area contributed by atoms with E-state index in [1.807, 2.05) is 12.4 Å². The van der Waals surface area contributed by atoms with Gasteiger partial charge in [0, 0.05) is 37.1 Å². The van der Waals surface area contributed by atoms with Crippen molar-refractivity contribution in [1.82, 2.24) is 15.2 Å². The third kappa shape index (κ3) is 3.28. The maximum absolute atomic E-state index is 9.37. The Bertz CT molecular complexity index is 367. The van der Waals surface area contributed by atoms with E-state index in [4.69, 9.17) is 0 Å². The van der Waals surface area contributed by atoms with E-state index in [1.54, 1.807) is 0 Å². The van der Waals surface area contributed by atoms with Crippen molar-refractivity contribution in [1.29, 1.82) is 0 Å². The van der Waals surface area contributed by atoms with E-state index >= 15 is 0 Å². The van der Waals surface area contributed by atoms with Crippen molar-refractivity contribution in [3.8, 4) is 0 Å². The van der Waals surface area contributed by atoms with Gasteiger partial charge < -0.3 is 10.4 Å². The fourth-order valence-corrected chi connectivity index (χ4v) is 2.43. The molecule has 0 amide bonds. The van der Waals surface area contributed by atoms with Crippen LogP contribution in [0.3, 0.4) is 0 Å². The lowest BCUT2D eigenvalue weighted by atomic mass is 9.98. The summed E-state index contributed by atoms with van der Waals surface area (Å²) in [4.78, 5) is 6.50. The molecule has 100 valence electrons. The van der Waals surface area contributed by atoms with E-state index < -0.39 is 0 Å². The van der Waals surface area contributed by atoms with Crippen LogP contribution in [-0.2, 0) is 6.54 Å². The van der Waals surface area contributed by atoms with Gasteiger partial charge in [-0.25, -0.2) is 0 Å². The summed E-state index contributed by atoms with van der Waals surface area (Å²) in [5.74, 6) is 0. The Morgan fingerprint density at radius 3 is 2.83 bits per heavy atom. The van der Waals surface area contributed by atoms with Gasteiger partial charge in [0.25, 0.3) is 0 Å². The van der Waals surface area contributed by atoms with Crippen LogP contribution in [0.25, 0.3) is 0 Å². The number of hydrogen-bond donors (Lipinski definition) is 2. The third-order valence-electron chi connectivity index (χ3n) is 3.81. The van der Waals surface area contributed by atoms with Gasteiger partial charge in [0.15, 0.2) is 0 Å². The lowest BCUT2D eigenvalue weighted by Gasteiger charge is -2.37. The van der Waals surface area contributed by atoms with E-state index in [9.17, 15) is 5.11 Å². The molecular formula is C14H23N3O. The molecular weight excluding hydrogens is 226 g/mol. The average molecular weight is 249 g/mol. The Morgan fingerprint density at radius 1 is 1.44 bits per heavy atom. The average Bonchev–Trinajstić information content (AvgIpc) is 2.50. The van der Waals surface area contributed by atoms with Crippen LogP contribution in [0.2, 0.25) is 0 Å². The highest BCUT2D eigenvalue weighted by Crippen LogP contribution is 2.23. The van der Waals surface area contributed by atoms with Gasteiger partial charge in [0.2, 0.25) is 0 Å². The van der Waals surface area contributed by atoms with Gasteiger partial charge in [-0.05, 0) is 44.5 Å². The van der Waals surface area contributed by atoms with E-state index in [0.29, 0.717) is 0 Å². The molecule has 4 nitrogen and oxygen atoms in total. The van der Waals surface area contributed by atoms with E-state index in [-0.39, 0.29) is 18.2 Å². The molecule has 1 aromatic rings. The van der Waals surface area contributed by atoms with Crippen LogP contribution in [-0.4, -0.2) is 46.3 Å². The van der Waals surface area contributed by atoms with Crippen molar-refractivity contribution in [2.24, 2.45) is 0 Å². The van der Waals surface area contributed by atoms with Gasteiger partial charge >= 0.3 is 0 Å². The van der Waals surface area contributed by atoms with Crippen LogP contribution < -0.4 is 5.32 Å². The van der Waals surface area contributed by atoms with Gasteiger partial charge in [-0.3, -0.25) is 9.88 Å². The molecule has 1 aliphatic rings. The fourth-order valence-electron chi connectivity index (χ4n) is 2.43. The van der Waals surface area contributed by atoms with E-state index in [1.165, 1.54) is 5.56 Å². The highest BCUT2D eigenvalue weighted by atomic mass is 16.3. The molecule has 0 radical (unpaired) electrons. The van der Waals surface area contributed by atoms with Crippen LogP contribution >= 0.6 is 0 Å². The molecule has 1 atom stereocenters. The van der Waals surface area contributed by atoms with Crippen molar-refractivity contribution < 1.29 is 5.11 Å². The number of aliphatic hydroxyl groups excluding tert-OH is 1. The molecule has 0 bridgehead atoms. The van der Waals surface area contributed by atoms with Gasteiger partial charge in [-0.15, -0.1) is 0 Å². The summed E-state index contributed by atoms with van der Waals surface area (Å²) in [7, 11) is 0. The van der Waals surface area contributed by atoms with Crippen LogP contribution in [0.4, 0.5) is 0 Å². The van der Waals surface area contributed by atoms with Gasteiger partial charge in [-0.1, -0.05) is 0 Å². The zero-order valence-corrected chi connectivity index (χ0v) is 11.3. The predicted molar refractivity (Wildman–Crippen MR) is 72.2 cm³/mol. The lowest BCUT2D eigenvalue weighted by Crippen LogP contribution is -2.46. The molecule has 1 aliphatic heterocycles. The first-order valence-corrected chi connectivity index (χ1v) is 6.60. The number of aromatic nitrogens is 1. The first kappa shape index (κ1) is 13.5. The van der Waals surface area contributed by atoms with E-state index in [0.717, 1.165) is 26.1 Å². The SMILES string of the molecule is CC1(C)CCNC(CO)CN1Cc1ccncc1. The highest BCUT2D eigenvalue weighted by molar-refractivity contribution is 5.10. The summed E-state index contributed by atoms with van der Waals surface area (Å²) in [6.45, 7) is 7.50. The van der Waals surface area contributed by atoms with Crippen LogP contribution in [0.15, 0.2) is 24.5 Å². The number of nitrogens with one attached hydrogen (secondary N) is 1. The standard InChI is InChI=1S/C14H23N3O/c1-14(2)5-8-16-13(11-18)10-17(14)9-12-3-6-15-7-4-12/h3-4,6-7,13,16,18H,5,8-11H2,1-2H3. The van der Waals surface area contributed by atoms with Crippen molar-refractivity contribution in [3.05, 3.63) is 30.1 Å². The zero-order chi connectivity index (χ0) is 13.0. The maximum Gasteiger partial charge on any atom is 0.0597 e. The maximum atomic E-state index is 9.37. The molecule has 18 heavy (non-hydrogen) atoms. The minimum atomic E-state index is 0.153. The Hall–Kier alpha value is -0.970. The smallest absolute Gasteiger partial charge is 0.0597 e. The van der Waals surface area contributed by atoms with Crippen LogP contribution in [0.5, 0.6) is 0 Å². The number of rotatable bonds is 3. The normalized spacial score (nSPS) is 24.7. The van der Waals surface area contributed by atoms with Crippen LogP contribution in [0.1, 0.15) is 25.8 Å². The summed E-state index contributed by atoms with van der Waals surface area (Å²) < 4.78 is 0. The second-order valence-electron chi connectivity index (χ2n) is 5.63. The topological polar surface area (TPSA) is 48.4 Å². The molecule has 4 heteroatoms. The first-order valence-electron chi connectivity index (χ1n) is 6.60. The minimum Gasteiger partial charge on any atom is -0.395 e. The van der Waals surface area contributed by atoms with Crippen LogP contribution in [0, 0.1) is 0 Å². The summed E-state index contributed by atoms with van der Waals surface area (Å²) in [5, 5.41) is 12.8. The lowest BCUT2D eigenvalue weighted by molar-refractivity contribution is 0.100. The summed E-state index contributed by atoms with van der Waals surface area (Å²) in [5.41, 5.74) is 1.43. The molecule has 0 saturated carbocycles. The Balaban J connectivity index is 2.11. The Kier molecular flexibility index (Phi) is 4.32. The molecule has 0 aromatic carbocycles. The molecule has 1 unspecified atom stereocenters. The fraction of sp³-hybridized carbons (Fsp3) is 0.643. The third-order valence-corrected chi connectivity index (χ3v) is 3.81. The molecule has 2 heterocycles. The molecule has 2 rings (SSSR count). The van der Waals surface area contributed by atoms with Gasteiger partial charge in [-0.2, -0.15) is 0 Å². The second-order valence-corrected chi connectivity index (χ2v) is 5.63. The zero-order valence-electron chi connectivity index (χ0n) is 11.3. The number of aliphatic hydroxyl groups is 1. The highest BCUT2D eigenvalue weighted by Gasteiger charge is 2.31. The second kappa shape index (κ2) is 5.78. The van der Waals surface area contributed by atoms with Crippen molar-refractivity contribution in [2.75, 3.05) is 19.7 Å². The summed E-state index contributed by atoms with van der Waals surface area (Å²) >= 11 is 0. The molecule has 1 aromatic heterocycles. The molecule has 2 N–H and O–H groups in total. The number of pyridine rings is 1. The Labute approximate surface area is 109 Å². The molecule has 1 saturated heterocycles. The monoisotopic (exact) mass is 249 g/mol. The largest absolute Gasteiger partial charge is 0.395 e. The minimum absolute atomic E-state index is 0.153. The van der Waals surface area contributed by atoms with Crippen molar-refractivity contribution in [2.45, 2.75) is 38.4 Å². The number of nitrogens with zero attached hydrogens (tertiary/aromatic N) is 2. The van der Waals surface area contributed by atoms with E-state index in [2.05, 4.69) is 41.2 Å². The van der Waals surface area contributed by atoms with Crippen molar-refractivity contribution >= 4 is 0 Å². The molecule has 1 fully saturated rings. The Morgan fingerprint density at radius 2 is 2.17 bits per heavy atom.